The molecule has 0 aliphatic carbocycles. The molecule has 0 aromatic heterocycles. The lowest BCUT2D eigenvalue weighted by Crippen LogP contribution is -2.11. The Kier molecular flexibility index (Phi) is 7.63. The SMILES string of the molecule is Cc1cc(C)c(S(=O)(=O)OC/C=C\COS(=O)(=O)c2c(C)cc(C)cc2C)c(C)c1. The highest BCUT2D eigenvalue weighted by atomic mass is 32.2. The third kappa shape index (κ3) is 5.78. The van der Waals surface area contributed by atoms with Crippen LogP contribution in [0.15, 0.2) is 46.2 Å². The van der Waals surface area contributed by atoms with Crippen molar-refractivity contribution in [3.63, 3.8) is 0 Å². The second-order valence-corrected chi connectivity index (χ2v) is 10.5. The number of hydrogen-bond donors (Lipinski definition) is 0. The summed E-state index contributed by atoms with van der Waals surface area (Å²) in [7, 11) is -7.85. The van der Waals surface area contributed by atoms with Gasteiger partial charge in [0.25, 0.3) is 20.2 Å². The summed E-state index contributed by atoms with van der Waals surface area (Å²) in [6.45, 7) is 10.2. The molecule has 0 saturated heterocycles. The third-order valence-electron chi connectivity index (χ3n) is 4.51. The summed E-state index contributed by atoms with van der Waals surface area (Å²) >= 11 is 0. The van der Waals surface area contributed by atoms with E-state index in [0.717, 1.165) is 11.1 Å². The molecular formula is C22H28O6S2. The van der Waals surface area contributed by atoms with Gasteiger partial charge in [0, 0.05) is 0 Å². The fraction of sp³-hybridized carbons (Fsp3) is 0.364. The van der Waals surface area contributed by atoms with Crippen molar-refractivity contribution < 1.29 is 25.2 Å². The minimum Gasteiger partial charge on any atom is -0.262 e. The lowest BCUT2D eigenvalue weighted by Gasteiger charge is -2.12. The first-order valence-corrected chi connectivity index (χ1v) is 12.3. The molecule has 0 amide bonds. The maximum absolute atomic E-state index is 12.5. The molecule has 164 valence electrons. The summed E-state index contributed by atoms with van der Waals surface area (Å²) in [5.74, 6) is 0. The van der Waals surface area contributed by atoms with Crippen LogP contribution in [0.25, 0.3) is 0 Å². The maximum atomic E-state index is 12.5. The van der Waals surface area contributed by atoms with Crippen LogP contribution in [0.3, 0.4) is 0 Å². The molecule has 2 rings (SSSR count). The molecule has 0 fully saturated rings. The molecule has 0 atom stereocenters. The van der Waals surface area contributed by atoms with Gasteiger partial charge in [0.2, 0.25) is 0 Å². The van der Waals surface area contributed by atoms with Crippen LogP contribution in [-0.2, 0) is 28.6 Å². The summed E-state index contributed by atoms with van der Waals surface area (Å²) in [6, 6.07) is 7.14. The fourth-order valence-electron chi connectivity index (χ4n) is 3.63. The monoisotopic (exact) mass is 452 g/mol. The quantitative estimate of drug-likeness (QED) is 0.441. The highest BCUT2D eigenvalue weighted by Gasteiger charge is 2.21. The van der Waals surface area contributed by atoms with E-state index in [0.29, 0.717) is 22.3 Å². The van der Waals surface area contributed by atoms with Crippen LogP contribution < -0.4 is 0 Å². The summed E-state index contributed by atoms with van der Waals surface area (Å²) in [4.78, 5) is 0.316. The molecular weight excluding hydrogens is 424 g/mol. The van der Waals surface area contributed by atoms with Crippen molar-refractivity contribution in [2.75, 3.05) is 13.2 Å². The van der Waals surface area contributed by atoms with Gasteiger partial charge in [-0.2, -0.15) is 16.8 Å². The van der Waals surface area contributed by atoms with Gasteiger partial charge in [-0.15, -0.1) is 0 Å². The molecule has 2 aromatic rings. The molecule has 8 heteroatoms. The van der Waals surface area contributed by atoms with Gasteiger partial charge in [-0.25, -0.2) is 0 Å². The highest BCUT2D eigenvalue weighted by Crippen LogP contribution is 2.24. The van der Waals surface area contributed by atoms with Crippen molar-refractivity contribution >= 4 is 20.2 Å². The molecule has 0 bridgehead atoms. The number of hydrogen-bond acceptors (Lipinski definition) is 6. The second-order valence-electron chi connectivity index (χ2n) is 7.40. The zero-order chi connectivity index (χ0) is 22.7. The van der Waals surface area contributed by atoms with E-state index in [1.807, 2.05) is 13.8 Å². The smallest absolute Gasteiger partial charge is 0.262 e. The van der Waals surface area contributed by atoms with Crippen LogP contribution in [0.4, 0.5) is 0 Å². The Hall–Kier alpha value is -2.00. The van der Waals surface area contributed by atoms with Gasteiger partial charge in [-0.05, 0) is 63.8 Å². The summed E-state index contributed by atoms with van der Waals surface area (Å²) < 4.78 is 60.1. The van der Waals surface area contributed by atoms with E-state index >= 15 is 0 Å². The van der Waals surface area contributed by atoms with Crippen molar-refractivity contribution in [2.45, 2.75) is 51.3 Å². The Balaban J connectivity index is 2.00. The van der Waals surface area contributed by atoms with E-state index in [-0.39, 0.29) is 23.0 Å². The zero-order valence-electron chi connectivity index (χ0n) is 18.1. The van der Waals surface area contributed by atoms with E-state index in [2.05, 4.69) is 0 Å². The van der Waals surface area contributed by atoms with E-state index in [4.69, 9.17) is 8.37 Å². The molecule has 0 heterocycles. The molecule has 0 radical (unpaired) electrons. The average Bonchev–Trinajstić information content (AvgIpc) is 2.55. The summed E-state index contributed by atoms with van der Waals surface area (Å²) in [6.07, 6.45) is 2.83. The lowest BCUT2D eigenvalue weighted by molar-refractivity contribution is 0.345. The predicted octanol–water partition coefficient (Wildman–Crippen LogP) is 4.20. The molecule has 0 unspecified atom stereocenters. The standard InChI is InChI=1S/C22H28O6S2/c1-15-11-17(3)21(18(4)12-15)29(23,24)27-9-7-8-10-28-30(25,26)22-19(5)13-16(2)14-20(22)6/h7-8,11-14H,9-10H2,1-6H3/b8-7-. The van der Waals surface area contributed by atoms with Crippen LogP contribution in [0.5, 0.6) is 0 Å². The topological polar surface area (TPSA) is 86.7 Å². The van der Waals surface area contributed by atoms with E-state index in [1.54, 1.807) is 52.0 Å². The van der Waals surface area contributed by atoms with Crippen molar-refractivity contribution in [3.8, 4) is 0 Å². The Labute approximate surface area is 179 Å². The van der Waals surface area contributed by atoms with Gasteiger partial charge >= 0.3 is 0 Å². The number of rotatable bonds is 8. The first kappa shape index (κ1) is 24.3. The highest BCUT2D eigenvalue weighted by molar-refractivity contribution is 7.87. The van der Waals surface area contributed by atoms with E-state index in [9.17, 15) is 16.8 Å². The molecule has 0 saturated carbocycles. The van der Waals surface area contributed by atoms with Gasteiger partial charge in [-0.1, -0.05) is 47.5 Å². The minimum absolute atomic E-state index is 0.158. The van der Waals surface area contributed by atoms with Crippen LogP contribution in [-0.4, -0.2) is 30.0 Å². The van der Waals surface area contributed by atoms with Gasteiger partial charge in [-0.3, -0.25) is 8.37 Å². The maximum Gasteiger partial charge on any atom is 0.297 e. The molecule has 0 spiro atoms. The number of aryl methyl sites for hydroxylation is 6. The Morgan fingerprint density at radius 1 is 0.600 bits per heavy atom. The lowest BCUT2D eigenvalue weighted by atomic mass is 10.1. The van der Waals surface area contributed by atoms with Crippen LogP contribution in [0.2, 0.25) is 0 Å². The normalized spacial score (nSPS) is 12.6. The molecule has 30 heavy (non-hydrogen) atoms. The van der Waals surface area contributed by atoms with Crippen LogP contribution in [0, 0.1) is 41.5 Å². The molecule has 0 aliphatic heterocycles. The predicted molar refractivity (Wildman–Crippen MR) is 117 cm³/mol. The minimum atomic E-state index is -3.92. The zero-order valence-corrected chi connectivity index (χ0v) is 19.8. The van der Waals surface area contributed by atoms with Gasteiger partial charge in [0.15, 0.2) is 0 Å². The van der Waals surface area contributed by atoms with E-state index < -0.39 is 20.2 Å². The van der Waals surface area contributed by atoms with Gasteiger partial charge in [0.1, 0.15) is 0 Å². The average molecular weight is 453 g/mol. The van der Waals surface area contributed by atoms with Crippen LogP contribution >= 0.6 is 0 Å². The molecule has 2 aromatic carbocycles. The van der Waals surface area contributed by atoms with Crippen molar-refractivity contribution in [1.29, 1.82) is 0 Å². The first-order chi connectivity index (χ1) is 13.8. The molecule has 6 nitrogen and oxygen atoms in total. The van der Waals surface area contributed by atoms with Crippen molar-refractivity contribution in [1.82, 2.24) is 0 Å². The van der Waals surface area contributed by atoms with Crippen molar-refractivity contribution in [2.24, 2.45) is 0 Å². The molecule has 0 aliphatic rings. The third-order valence-corrected chi connectivity index (χ3v) is 7.70. The second kappa shape index (κ2) is 9.43. The summed E-state index contributed by atoms with van der Waals surface area (Å²) in [5.41, 5.74) is 4.43. The fourth-order valence-corrected chi connectivity index (χ4v) is 6.20. The first-order valence-electron chi connectivity index (χ1n) is 9.44. The van der Waals surface area contributed by atoms with Gasteiger partial charge in [0.05, 0.1) is 23.0 Å². The van der Waals surface area contributed by atoms with Gasteiger partial charge < -0.3 is 0 Å². The van der Waals surface area contributed by atoms with E-state index in [1.165, 1.54) is 12.2 Å². The Morgan fingerprint density at radius 3 is 1.13 bits per heavy atom. The Bertz CT molecular complexity index is 1040. The Morgan fingerprint density at radius 2 is 0.867 bits per heavy atom. The van der Waals surface area contributed by atoms with Crippen molar-refractivity contribution in [3.05, 3.63) is 69.8 Å². The van der Waals surface area contributed by atoms with Crippen LogP contribution in [0.1, 0.15) is 33.4 Å². The summed E-state index contributed by atoms with van der Waals surface area (Å²) in [5, 5.41) is 0. The largest absolute Gasteiger partial charge is 0.297 e. The molecule has 0 N–H and O–H groups in total. The number of benzene rings is 2.